The number of fused-ring (bicyclic) bond motifs is 1. The highest BCUT2D eigenvalue weighted by atomic mass is 16.5. The van der Waals surface area contributed by atoms with Crippen molar-refractivity contribution in [1.82, 2.24) is 4.90 Å². The summed E-state index contributed by atoms with van der Waals surface area (Å²) in [7, 11) is 0. The summed E-state index contributed by atoms with van der Waals surface area (Å²) in [5, 5.41) is 0.754. The molecular formula is C33H39NO5. The van der Waals surface area contributed by atoms with E-state index < -0.39 is 12.0 Å². The van der Waals surface area contributed by atoms with Crippen LogP contribution in [0.25, 0.3) is 11.0 Å². The van der Waals surface area contributed by atoms with Gasteiger partial charge in [0, 0.05) is 30.2 Å². The van der Waals surface area contributed by atoms with Crippen molar-refractivity contribution in [2.75, 3.05) is 13.2 Å². The average molecular weight is 530 g/mol. The third-order valence-corrected chi connectivity index (χ3v) is 8.74. The maximum Gasteiger partial charge on any atom is 0.374 e. The second kappa shape index (κ2) is 11.8. The number of ether oxygens (including phenoxy) is 1. The fourth-order valence-corrected chi connectivity index (χ4v) is 6.57. The molecular weight excluding hydrogens is 490 g/mol. The minimum atomic E-state index is -0.500. The molecule has 1 saturated heterocycles. The zero-order valence-corrected chi connectivity index (χ0v) is 23.2. The van der Waals surface area contributed by atoms with Crippen LogP contribution in [0.1, 0.15) is 80.5 Å². The highest BCUT2D eigenvalue weighted by Crippen LogP contribution is 2.39. The summed E-state index contributed by atoms with van der Waals surface area (Å²) in [6.45, 7) is 7.17. The smallest absolute Gasteiger partial charge is 0.374 e. The second-order valence-electron chi connectivity index (χ2n) is 11.5. The van der Waals surface area contributed by atoms with Crippen LogP contribution < -0.4 is 0 Å². The summed E-state index contributed by atoms with van der Waals surface area (Å²) >= 11 is 0. The van der Waals surface area contributed by atoms with Crippen molar-refractivity contribution in [3.63, 3.8) is 0 Å². The van der Waals surface area contributed by atoms with Crippen LogP contribution in [0, 0.1) is 17.8 Å². The van der Waals surface area contributed by atoms with Gasteiger partial charge in [0.2, 0.25) is 11.7 Å². The molecule has 2 heterocycles. The first-order valence-corrected chi connectivity index (χ1v) is 14.4. The maximum absolute atomic E-state index is 14.0. The Bertz CT molecular complexity index is 1320. The number of carbonyl (C=O) groups is 3. The number of amides is 1. The number of furan rings is 1. The van der Waals surface area contributed by atoms with E-state index in [1.165, 1.54) is 0 Å². The summed E-state index contributed by atoms with van der Waals surface area (Å²) in [4.78, 5) is 41.8. The van der Waals surface area contributed by atoms with E-state index in [9.17, 15) is 14.4 Å². The normalized spacial score (nSPS) is 23.3. The Kier molecular flexibility index (Phi) is 8.20. The highest BCUT2D eigenvalue weighted by Gasteiger charge is 2.44. The van der Waals surface area contributed by atoms with Gasteiger partial charge in [-0.15, -0.1) is 0 Å². The van der Waals surface area contributed by atoms with Crippen LogP contribution in [0.4, 0.5) is 0 Å². The lowest BCUT2D eigenvalue weighted by Crippen LogP contribution is -2.46. The van der Waals surface area contributed by atoms with Gasteiger partial charge in [0.25, 0.3) is 0 Å². The molecule has 0 unspecified atom stereocenters. The van der Waals surface area contributed by atoms with Crippen LogP contribution in [-0.4, -0.2) is 41.8 Å². The van der Waals surface area contributed by atoms with Gasteiger partial charge >= 0.3 is 5.97 Å². The summed E-state index contributed by atoms with van der Waals surface area (Å²) in [5.41, 5.74) is 2.53. The number of hydrogen-bond donors (Lipinski definition) is 0. The van der Waals surface area contributed by atoms with Crippen molar-refractivity contribution in [3.05, 3.63) is 71.5 Å². The molecule has 6 heteroatoms. The molecule has 206 valence electrons. The van der Waals surface area contributed by atoms with E-state index in [0.29, 0.717) is 24.0 Å². The molecule has 0 N–H and O–H groups in total. The number of benzene rings is 2. The first-order valence-electron chi connectivity index (χ1n) is 14.4. The van der Waals surface area contributed by atoms with Crippen LogP contribution in [-0.2, 0) is 20.7 Å². The van der Waals surface area contributed by atoms with Crippen molar-refractivity contribution < 1.29 is 23.5 Å². The molecule has 2 fully saturated rings. The van der Waals surface area contributed by atoms with Crippen molar-refractivity contribution in [2.24, 2.45) is 17.8 Å². The zero-order valence-electron chi connectivity index (χ0n) is 23.2. The fraction of sp³-hybridized carbons (Fsp3) is 0.485. The molecule has 0 spiro atoms. The molecule has 1 aliphatic heterocycles. The largest absolute Gasteiger partial charge is 0.460 e. The lowest BCUT2D eigenvalue weighted by atomic mass is 9.76. The number of carbonyl (C=O) groups excluding carboxylic acids is 3. The third-order valence-electron chi connectivity index (χ3n) is 8.74. The highest BCUT2D eigenvalue weighted by molar-refractivity contribution is 5.95. The molecule has 39 heavy (non-hydrogen) atoms. The molecule has 2 atom stereocenters. The van der Waals surface area contributed by atoms with Gasteiger partial charge in [-0.05, 0) is 80.2 Å². The van der Waals surface area contributed by atoms with E-state index in [-0.39, 0.29) is 42.3 Å². The lowest BCUT2D eigenvalue weighted by molar-refractivity contribution is -0.142. The van der Waals surface area contributed by atoms with Crippen molar-refractivity contribution in [2.45, 2.75) is 71.3 Å². The topological polar surface area (TPSA) is 76.8 Å². The molecule has 2 aromatic carbocycles. The van der Waals surface area contributed by atoms with Gasteiger partial charge in [0.15, 0.2) is 5.78 Å². The summed E-state index contributed by atoms with van der Waals surface area (Å²) in [5.74, 6) is 1.18. The lowest BCUT2D eigenvalue weighted by Gasteiger charge is -2.35. The molecule has 1 saturated carbocycles. The Morgan fingerprint density at radius 2 is 1.72 bits per heavy atom. The van der Waals surface area contributed by atoms with E-state index >= 15 is 0 Å². The quantitative estimate of drug-likeness (QED) is 0.309. The van der Waals surface area contributed by atoms with Crippen molar-refractivity contribution in [1.29, 1.82) is 0 Å². The third kappa shape index (κ3) is 5.80. The standard InChI is InChI=1S/C33H39NO5/c1-4-38-33(37)30-20-26-18-22(10-15-29(26)39-30)19-28(35)31-27(24-8-6-5-7-9-24)16-17-34(31)32(36)25-13-11-23(12-14-25)21(2)3/h5-10,15,18,20-21,23,25,27,31H,4,11-14,16-17,19H2,1-3H3/t23?,25?,27-,31+/m1/s1. The Morgan fingerprint density at radius 1 is 0.974 bits per heavy atom. The predicted molar refractivity (Wildman–Crippen MR) is 150 cm³/mol. The van der Waals surface area contributed by atoms with E-state index in [1.807, 2.05) is 35.2 Å². The number of ketones is 1. The Balaban J connectivity index is 1.37. The summed E-state index contributed by atoms with van der Waals surface area (Å²) in [6, 6.07) is 16.9. The van der Waals surface area contributed by atoms with Gasteiger partial charge < -0.3 is 14.1 Å². The van der Waals surface area contributed by atoms with Crippen molar-refractivity contribution in [3.8, 4) is 0 Å². The number of nitrogens with zero attached hydrogens (tertiary/aromatic N) is 1. The zero-order chi connectivity index (χ0) is 27.5. The minimum Gasteiger partial charge on any atom is -0.460 e. The summed E-state index contributed by atoms with van der Waals surface area (Å²) in [6.07, 6.45) is 5.00. The van der Waals surface area contributed by atoms with Crippen LogP contribution in [0.2, 0.25) is 0 Å². The SMILES string of the molecule is CCOC(=O)c1cc2cc(CC(=O)[C@@H]3[C@@H](c4ccccc4)CCN3C(=O)C3CCC(C(C)C)CC3)ccc2o1. The van der Waals surface area contributed by atoms with Gasteiger partial charge in [-0.1, -0.05) is 50.2 Å². The molecule has 0 radical (unpaired) electrons. The first-order chi connectivity index (χ1) is 18.9. The second-order valence-corrected chi connectivity index (χ2v) is 11.5. The molecule has 1 aliphatic carbocycles. The van der Waals surface area contributed by atoms with Crippen LogP contribution >= 0.6 is 0 Å². The molecule has 2 aliphatic rings. The van der Waals surface area contributed by atoms with Crippen LogP contribution in [0.3, 0.4) is 0 Å². The Hall–Kier alpha value is -3.41. The van der Waals surface area contributed by atoms with E-state index in [1.54, 1.807) is 19.1 Å². The fourth-order valence-electron chi connectivity index (χ4n) is 6.57. The molecule has 6 nitrogen and oxygen atoms in total. The van der Waals surface area contributed by atoms with Gasteiger partial charge in [-0.2, -0.15) is 0 Å². The minimum absolute atomic E-state index is 0.00778. The maximum atomic E-state index is 14.0. The predicted octanol–water partition coefficient (Wildman–Crippen LogP) is 6.57. The Labute approximate surface area is 230 Å². The molecule has 3 aromatic rings. The van der Waals surface area contributed by atoms with E-state index in [4.69, 9.17) is 9.15 Å². The molecule has 1 aromatic heterocycles. The number of hydrogen-bond acceptors (Lipinski definition) is 5. The number of esters is 1. The molecule has 5 rings (SSSR count). The Morgan fingerprint density at radius 3 is 2.41 bits per heavy atom. The van der Waals surface area contributed by atoms with Gasteiger partial charge in [0.1, 0.15) is 5.58 Å². The summed E-state index contributed by atoms with van der Waals surface area (Å²) < 4.78 is 10.7. The van der Waals surface area contributed by atoms with Gasteiger partial charge in [0.05, 0.1) is 12.6 Å². The van der Waals surface area contributed by atoms with E-state index in [0.717, 1.165) is 48.6 Å². The van der Waals surface area contributed by atoms with Crippen LogP contribution in [0.5, 0.6) is 0 Å². The number of likely N-dealkylation sites (tertiary alicyclic amines) is 1. The van der Waals surface area contributed by atoms with Crippen molar-refractivity contribution >= 4 is 28.6 Å². The first kappa shape index (κ1) is 27.2. The average Bonchev–Trinajstić information content (AvgIpc) is 3.58. The van der Waals surface area contributed by atoms with Gasteiger partial charge in [-0.3, -0.25) is 9.59 Å². The van der Waals surface area contributed by atoms with Crippen LogP contribution in [0.15, 0.2) is 59.0 Å². The monoisotopic (exact) mass is 529 g/mol. The van der Waals surface area contributed by atoms with Gasteiger partial charge in [-0.25, -0.2) is 4.79 Å². The molecule has 0 bridgehead atoms. The number of rotatable bonds is 8. The van der Waals surface area contributed by atoms with E-state index in [2.05, 4.69) is 26.0 Å². The number of Topliss-reactive ketones (excluding diaryl/α,β-unsaturated/α-hetero) is 1. The molecule has 1 amide bonds.